The molecule has 2 atom stereocenters. The lowest BCUT2D eigenvalue weighted by molar-refractivity contribution is -0.247. The average molecular weight is 227 g/mol. The maximum Gasteiger partial charge on any atom is 0.145 e. The van der Waals surface area contributed by atoms with Gasteiger partial charge in [-0.15, -0.1) is 0 Å². The number of hydrogen-bond donors (Lipinski definition) is 1. The molecule has 1 N–H and O–H groups in total. The van der Waals surface area contributed by atoms with Gasteiger partial charge >= 0.3 is 0 Å². The first kappa shape index (κ1) is 11.0. The molecule has 3 fully saturated rings. The smallest absolute Gasteiger partial charge is 0.145 e. The van der Waals surface area contributed by atoms with E-state index in [0.29, 0.717) is 6.61 Å². The highest BCUT2D eigenvalue weighted by Crippen LogP contribution is 2.47. The maximum absolute atomic E-state index is 6.44. The van der Waals surface area contributed by atoms with E-state index in [0.717, 1.165) is 39.2 Å². The van der Waals surface area contributed by atoms with Crippen molar-refractivity contribution in [2.24, 2.45) is 5.41 Å². The van der Waals surface area contributed by atoms with Crippen LogP contribution in [-0.2, 0) is 14.2 Å². The van der Waals surface area contributed by atoms with Crippen LogP contribution in [0.15, 0.2) is 0 Å². The molecule has 92 valence electrons. The molecule has 0 bridgehead atoms. The molecule has 0 aromatic heterocycles. The quantitative estimate of drug-likeness (QED) is 0.667. The molecular weight excluding hydrogens is 206 g/mol. The van der Waals surface area contributed by atoms with E-state index in [9.17, 15) is 0 Å². The van der Waals surface area contributed by atoms with Crippen molar-refractivity contribution in [3.05, 3.63) is 0 Å². The zero-order valence-corrected chi connectivity index (χ0v) is 10.2. The van der Waals surface area contributed by atoms with Gasteiger partial charge in [0.05, 0.1) is 19.8 Å². The second kappa shape index (κ2) is 3.42. The molecule has 0 saturated carbocycles. The third-order valence-electron chi connectivity index (χ3n) is 4.45. The van der Waals surface area contributed by atoms with Crippen molar-refractivity contribution in [1.82, 2.24) is 5.32 Å². The Hall–Kier alpha value is -0.160. The Morgan fingerprint density at radius 2 is 1.75 bits per heavy atom. The minimum absolute atomic E-state index is 0.119. The van der Waals surface area contributed by atoms with E-state index in [1.165, 1.54) is 0 Å². The minimum atomic E-state index is -0.247. The molecule has 0 amide bonds. The molecule has 3 aliphatic rings. The normalized spacial score (nSPS) is 46.9. The lowest BCUT2D eigenvalue weighted by Crippen LogP contribution is -2.68. The number of nitrogens with one attached hydrogen (secondary N) is 1. The van der Waals surface area contributed by atoms with E-state index >= 15 is 0 Å². The first-order valence-electron chi connectivity index (χ1n) is 6.18. The van der Waals surface area contributed by atoms with Crippen LogP contribution < -0.4 is 5.32 Å². The fraction of sp³-hybridized carbons (Fsp3) is 1.00. The summed E-state index contributed by atoms with van der Waals surface area (Å²) in [5.74, 6) is 0. The summed E-state index contributed by atoms with van der Waals surface area (Å²) < 4.78 is 17.5. The molecule has 3 saturated heterocycles. The van der Waals surface area contributed by atoms with Crippen molar-refractivity contribution in [2.45, 2.75) is 38.0 Å². The lowest BCUT2D eigenvalue weighted by atomic mass is 9.72. The third kappa shape index (κ3) is 1.44. The van der Waals surface area contributed by atoms with Crippen LogP contribution in [0.4, 0.5) is 0 Å². The standard InChI is InChI=1S/C12H21NO3/c1-10(2)7-13-12(4-6-15-9-12)16-11(10)3-5-14-8-11/h13H,3-9H2,1-2H3. The largest absolute Gasteiger partial charge is 0.378 e. The third-order valence-corrected chi connectivity index (χ3v) is 4.45. The Kier molecular flexibility index (Phi) is 2.34. The Labute approximate surface area is 96.6 Å². The molecular formula is C12H21NO3. The second-order valence-corrected chi connectivity index (χ2v) is 5.93. The molecule has 3 rings (SSSR count). The van der Waals surface area contributed by atoms with Gasteiger partial charge in [-0.1, -0.05) is 13.8 Å². The molecule has 0 radical (unpaired) electrons. The van der Waals surface area contributed by atoms with Gasteiger partial charge in [-0.05, 0) is 0 Å². The molecule has 0 aromatic carbocycles. The van der Waals surface area contributed by atoms with Crippen molar-refractivity contribution in [2.75, 3.05) is 33.0 Å². The molecule has 2 unspecified atom stereocenters. The summed E-state index contributed by atoms with van der Waals surface area (Å²) in [7, 11) is 0. The van der Waals surface area contributed by atoms with Crippen molar-refractivity contribution >= 4 is 0 Å². The van der Waals surface area contributed by atoms with E-state index in [2.05, 4.69) is 19.2 Å². The summed E-state index contributed by atoms with van der Waals surface area (Å²) in [4.78, 5) is 0. The molecule has 0 aliphatic carbocycles. The van der Waals surface area contributed by atoms with Gasteiger partial charge in [-0.3, -0.25) is 5.32 Å². The lowest BCUT2D eigenvalue weighted by Gasteiger charge is -2.53. The van der Waals surface area contributed by atoms with E-state index in [4.69, 9.17) is 14.2 Å². The molecule has 3 aliphatic heterocycles. The summed E-state index contributed by atoms with van der Waals surface area (Å²) in [6.45, 7) is 8.51. The van der Waals surface area contributed by atoms with E-state index < -0.39 is 0 Å². The maximum atomic E-state index is 6.44. The Morgan fingerprint density at radius 3 is 2.38 bits per heavy atom. The van der Waals surface area contributed by atoms with Gasteiger partial charge in [0.15, 0.2) is 0 Å². The minimum Gasteiger partial charge on any atom is -0.378 e. The van der Waals surface area contributed by atoms with Crippen molar-refractivity contribution in [3.8, 4) is 0 Å². The van der Waals surface area contributed by atoms with Gasteiger partial charge in [-0.25, -0.2) is 0 Å². The summed E-state index contributed by atoms with van der Waals surface area (Å²) in [6, 6.07) is 0. The summed E-state index contributed by atoms with van der Waals surface area (Å²) in [5.41, 5.74) is -0.244. The molecule has 4 nitrogen and oxygen atoms in total. The van der Waals surface area contributed by atoms with Crippen LogP contribution in [0.25, 0.3) is 0 Å². The van der Waals surface area contributed by atoms with Crippen molar-refractivity contribution < 1.29 is 14.2 Å². The Morgan fingerprint density at radius 1 is 1.00 bits per heavy atom. The summed E-state index contributed by atoms with van der Waals surface area (Å²) in [6.07, 6.45) is 1.95. The predicted octanol–water partition coefficient (Wildman–Crippen LogP) is 0.908. The van der Waals surface area contributed by atoms with Crippen molar-refractivity contribution in [1.29, 1.82) is 0 Å². The first-order valence-corrected chi connectivity index (χ1v) is 6.18. The van der Waals surface area contributed by atoms with Gasteiger partial charge in [0.2, 0.25) is 0 Å². The van der Waals surface area contributed by atoms with Gasteiger partial charge in [-0.2, -0.15) is 0 Å². The van der Waals surface area contributed by atoms with Gasteiger partial charge in [0, 0.05) is 31.4 Å². The summed E-state index contributed by atoms with van der Waals surface area (Å²) in [5, 5.41) is 3.53. The predicted molar refractivity (Wildman–Crippen MR) is 59.2 cm³/mol. The zero-order chi connectivity index (χ0) is 11.3. The zero-order valence-electron chi connectivity index (χ0n) is 10.2. The fourth-order valence-electron chi connectivity index (χ4n) is 3.02. The average Bonchev–Trinajstić information content (AvgIpc) is 2.85. The summed E-state index contributed by atoms with van der Waals surface area (Å²) >= 11 is 0. The molecule has 16 heavy (non-hydrogen) atoms. The second-order valence-electron chi connectivity index (χ2n) is 5.93. The highest BCUT2D eigenvalue weighted by atomic mass is 16.6. The topological polar surface area (TPSA) is 39.7 Å². The molecule has 0 aromatic rings. The number of hydrogen-bond acceptors (Lipinski definition) is 4. The Balaban J connectivity index is 1.87. The first-order chi connectivity index (χ1) is 7.58. The van der Waals surface area contributed by atoms with Crippen LogP contribution in [0.3, 0.4) is 0 Å². The molecule has 4 heteroatoms. The van der Waals surface area contributed by atoms with Gasteiger partial charge in [0.1, 0.15) is 11.3 Å². The van der Waals surface area contributed by atoms with Gasteiger partial charge in [0.25, 0.3) is 0 Å². The van der Waals surface area contributed by atoms with Crippen LogP contribution in [0.1, 0.15) is 26.7 Å². The van der Waals surface area contributed by atoms with Crippen LogP contribution in [-0.4, -0.2) is 44.3 Å². The Bertz CT molecular complexity index is 278. The van der Waals surface area contributed by atoms with Crippen LogP contribution >= 0.6 is 0 Å². The number of rotatable bonds is 0. The molecule has 3 heterocycles. The van der Waals surface area contributed by atoms with E-state index in [1.54, 1.807) is 0 Å². The monoisotopic (exact) mass is 227 g/mol. The number of ether oxygens (including phenoxy) is 3. The van der Waals surface area contributed by atoms with E-state index in [-0.39, 0.29) is 16.7 Å². The molecule has 2 spiro atoms. The van der Waals surface area contributed by atoms with Crippen LogP contribution in [0, 0.1) is 5.41 Å². The fourth-order valence-corrected chi connectivity index (χ4v) is 3.02. The highest BCUT2D eigenvalue weighted by Gasteiger charge is 2.58. The highest BCUT2D eigenvalue weighted by molar-refractivity contribution is 5.06. The van der Waals surface area contributed by atoms with Gasteiger partial charge < -0.3 is 14.2 Å². The SMILES string of the molecule is CC1(C)CNC2(CCOC2)OC12CCOC2. The van der Waals surface area contributed by atoms with Crippen LogP contribution in [0.2, 0.25) is 0 Å². The van der Waals surface area contributed by atoms with Crippen molar-refractivity contribution in [3.63, 3.8) is 0 Å². The van der Waals surface area contributed by atoms with Crippen LogP contribution in [0.5, 0.6) is 0 Å². The van der Waals surface area contributed by atoms with E-state index in [1.807, 2.05) is 0 Å².